The molecule has 2 heterocycles. The third-order valence-corrected chi connectivity index (χ3v) is 3.45. The quantitative estimate of drug-likeness (QED) is 0.780. The van der Waals surface area contributed by atoms with Gasteiger partial charge in [-0.3, -0.25) is 9.88 Å². The Kier molecular flexibility index (Phi) is 4.53. The second-order valence-corrected chi connectivity index (χ2v) is 6.52. The van der Waals surface area contributed by atoms with Gasteiger partial charge in [0.2, 0.25) is 0 Å². The molecule has 1 unspecified atom stereocenters. The van der Waals surface area contributed by atoms with Gasteiger partial charge in [0.05, 0.1) is 16.8 Å². The second-order valence-electron chi connectivity index (χ2n) is 6.09. The lowest BCUT2D eigenvalue weighted by Gasteiger charge is -2.36. The first-order chi connectivity index (χ1) is 9.37. The van der Waals surface area contributed by atoms with Crippen molar-refractivity contribution in [2.45, 2.75) is 51.7 Å². The van der Waals surface area contributed by atoms with Gasteiger partial charge in [-0.15, -0.1) is 0 Å². The monoisotopic (exact) mass is 296 g/mol. The van der Waals surface area contributed by atoms with E-state index in [1.807, 2.05) is 32.9 Å². The van der Waals surface area contributed by atoms with Crippen molar-refractivity contribution in [3.05, 3.63) is 29.0 Å². The summed E-state index contributed by atoms with van der Waals surface area (Å²) in [5, 5.41) is 0.605. The minimum atomic E-state index is -0.480. The first kappa shape index (κ1) is 15.1. The number of amides is 1. The third kappa shape index (κ3) is 3.85. The summed E-state index contributed by atoms with van der Waals surface area (Å²) >= 11 is 5.87. The van der Waals surface area contributed by atoms with Crippen molar-refractivity contribution >= 4 is 17.7 Å². The lowest BCUT2D eigenvalue weighted by atomic mass is 9.99. The fourth-order valence-electron chi connectivity index (χ4n) is 2.36. The highest BCUT2D eigenvalue weighted by molar-refractivity contribution is 6.30. The van der Waals surface area contributed by atoms with Crippen molar-refractivity contribution in [2.24, 2.45) is 0 Å². The van der Waals surface area contributed by atoms with E-state index in [0.29, 0.717) is 11.6 Å². The van der Waals surface area contributed by atoms with E-state index >= 15 is 0 Å². The maximum absolute atomic E-state index is 12.3. The Morgan fingerprint density at radius 3 is 2.75 bits per heavy atom. The molecule has 1 aromatic heterocycles. The Morgan fingerprint density at radius 2 is 2.15 bits per heavy atom. The molecule has 0 saturated carbocycles. The van der Waals surface area contributed by atoms with Gasteiger partial charge >= 0.3 is 6.09 Å². The highest BCUT2D eigenvalue weighted by Gasteiger charge is 2.32. The second kappa shape index (κ2) is 6.00. The van der Waals surface area contributed by atoms with Crippen LogP contribution in [0.1, 0.15) is 51.8 Å². The normalized spacial score (nSPS) is 19.8. The smallest absolute Gasteiger partial charge is 0.410 e. The van der Waals surface area contributed by atoms with Crippen molar-refractivity contribution < 1.29 is 9.53 Å². The summed E-state index contributed by atoms with van der Waals surface area (Å²) < 4.78 is 5.49. The zero-order valence-corrected chi connectivity index (χ0v) is 13.0. The number of ether oxygens (including phenoxy) is 1. The maximum atomic E-state index is 12.3. The van der Waals surface area contributed by atoms with E-state index in [-0.39, 0.29) is 12.1 Å². The third-order valence-electron chi connectivity index (χ3n) is 3.22. The fraction of sp³-hybridized carbons (Fsp3) is 0.600. The van der Waals surface area contributed by atoms with Gasteiger partial charge in [0.25, 0.3) is 0 Å². The largest absolute Gasteiger partial charge is 0.444 e. The molecular formula is C15H21ClN2O2. The molecule has 0 aliphatic carbocycles. The molecule has 0 radical (unpaired) electrons. The minimum Gasteiger partial charge on any atom is -0.444 e. The number of likely N-dealkylation sites (tertiary alicyclic amines) is 1. The Bertz CT molecular complexity index is 468. The summed E-state index contributed by atoms with van der Waals surface area (Å²) in [6.07, 6.45) is 4.36. The topological polar surface area (TPSA) is 42.4 Å². The number of carbonyl (C=O) groups is 1. The van der Waals surface area contributed by atoms with Crippen LogP contribution >= 0.6 is 11.6 Å². The molecule has 4 nitrogen and oxygen atoms in total. The Balaban J connectivity index is 2.16. The van der Waals surface area contributed by atoms with Gasteiger partial charge < -0.3 is 4.74 Å². The van der Waals surface area contributed by atoms with Crippen LogP contribution < -0.4 is 0 Å². The van der Waals surface area contributed by atoms with Gasteiger partial charge in [-0.05, 0) is 52.2 Å². The predicted molar refractivity (Wildman–Crippen MR) is 78.8 cm³/mol. The Hall–Kier alpha value is -1.29. The van der Waals surface area contributed by atoms with Crippen molar-refractivity contribution in [1.29, 1.82) is 0 Å². The van der Waals surface area contributed by atoms with Crippen LogP contribution in [-0.2, 0) is 4.74 Å². The Morgan fingerprint density at radius 1 is 1.40 bits per heavy atom. The van der Waals surface area contributed by atoms with Crippen LogP contribution in [0.2, 0.25) is 5.02 Å². The fourth-order valence-corrected chi connectivity index (χ4v) is 2.47. The molecule has 5 heteroatoms. The van der Waals surface area contributed by atoms with Gasteiger partial charge in [-0.25, -0.2) is 4.79 Å². The number of carbonyl (C=O) groups excluding carboxylic acids is 1. The summed E-state index contributed by atoms with van der Waals surface area (Å²) in [4.78, 5) is 18.4. The number of nitrogens with zero attached hydrogens (tertiary/aromatic N) is 2. The highest BCUT2D eigenvalue weighted by Crippen LogP contribution is 2.31. The molecule has 110 valence electrons. The highest BCUT2D eigenvalue weighted by atomic mass is 35.5. The summed E-state index contributed by atoms with van der Waals surface area (Å²) in [7, 11) is 0. The molecule has 1 fully saturated rings. The molecule has 1 amide bonds. The lowest BCUT2D eigenvalue weighted by molar-refractivity contribution is 0.00901. The molecule has 0 spiro atoms. The van der Waals surface area contributed by atoms with E-state index in [2.05, 4.69) is 4.98 Å². The van der Waals surface area contributed by atoms with E-state index < -0.39 is 5.60 Å². The zero-order valence-electron chi connectivity index (χ0n) is 12.2. The predicted octanol–water partition coefficient (Wildman–Crippen LogP) is 4.20. The van der Waals surface area contributed by atoms with Crippen LogP contribution in [0, 0.1) is 0 Å². The summed E-state index contributed by atoms with van der Waals surface area (Å²) in [6, 6.07) is 3.68. The van der Waals surface area contributed by atoms with Crippen molar-refractivity contribution in [1.82, 2.24) is 9.88 Å². The van der Waals surface area contributed by atoms with E-state index in [9.17, 15) is 4.79 Å². The number of pyridine rings is 1. The molecule has 1 aliphatic heterocycles. The minimum absolute atomic E-state index is 0.0177. The Labute approximate surface area is 125 Å². The number of piperidine rings is 1. The first-order valence-corrected chi connectivity index (χ1v) is 7.36. The summed E-state index contributed by atoms with van der Waals surface area (Å²) in [6.45, 7) is 6.35. The first-order valence-electron chi connectivity index (χ1n) is 6.98. The standard InChI is InChI=1S/C15H21ClN2O2/c1-15(2,3)20-14(19)18-9-5-4-6-13(18)12-8-7-11(16)10-17-12/h7-8,10,13H,4-6,9H2,1-3H3. The zero-order chi connectivity index (χ0) is 14.8. The maximum Gasteiger partial charge on any atom is 0.410 e. The number of rotatable bonds is 1. The molecule has 0 bridgehead atoms. The van der Waals surface area contributed by atoms with Crippen molar-refractivity contribution in [3.8, 4) is 0 Å². The van der Waals surface area contributed by atoms with Crippen LogP contribution in [-0.4, -0.2) is 28.1 Å². The number of aromatic nitrogens is 1. The molecule has 1 atom stereocenters. The lowest BCUT2D eigenvalue weighted by Crippen LogP contribution is -2.42. The molecule has 1 saturated heterocycles. The van der Waals surface area contributed by atoms with Crippen LogP contribution in [0.5, 0.6) is 0 Å². The van der Waals surface area contributed by atoms with Gasteiger partial charge in [0.1, 0.15) is 5.60 Å². The molecule has 1 aliphatic rings. The van der Waals surface area contributed by atoms with Crippen LogP contribution in [0.4, 0.5) is 4.79 Å². The SMILES string of the molecule is CC(C)(C)OC(=O)N1CCCCC1c1ccc(Cl)cn1. The van der Waals surface area contributed by atoms with E-state index in [0.717, 1.165) is 25.0 Å². The van der Waals surface area contributed by atoms with Gasteiger partial charge in [0.15, 0.2) is 0 Å². The number of hydrogen-bond acceptors (Lipinski definition) is 3. The van der Waals surface area contributed by atoms with Crippen LogP contribution in [0.15, 0.2) is 18.3 Å². The van der Waals surface area contributed by atoms with E-state index in [1.54, 1.807) is 11.1 Å². The molecule has 0 aromatic carbocycles. The van der Waals surface area contributed by atoms with Gasteiger partial charge in [-0.1, -0.05) is 11.6 Å². The van der Waals surface area contributed by atoms with Crippen LogP contribution in [0.3, 0.4) is 0 Å². The molecule has 1 aromatic rings. The van der Waals surface area contributed by atoms with Crippen molar-refractivity contribution in [3.63, 3.8) is 0 Å². The van der Waals surface area contributed by atoms with Gasteiger partial charge in [0, 0.05) is 12.7 Å². The number of halogens is 1. The molecule has 0 N–H and O–H groups in total. The van der Waals surface area contributed by atoms with E-state index in [4.69, 9.17) is 16.3 Å². The molecular weight excluding hydrogens is 276 g/mol. The van der Waals surface area contributed by atoms with Gasteiger partial charge in [-0.2, -0.15) is 0 Å². The molecule has 2 rings (SSSR count). The van der Waals surface area contributed by atoms with E-state index in [1.165, 1.54) is 0 Å². The number of hydrogen-bond donors (Lipinski definition) is 0. The van der Waals surface area contributed by atoms with Crippen LogP contribution in [0.25, 0.3) is 0 Å². The summed E-state index contributed by atoms with van der Waals surface area (Å²) in [5.74, 6) is 0. The average molecular weight is 297 g/mol. The van der Waals surface area contributed by atoms with Crippen molar-refractivity contribution in [2.75, 3.05) is 6.54 Å². The average Bonchev–Trinajstić information content (AvgIpc) is 2.38. The summed E-state index contributed by atoms with van der Waals surface area (Å²) in [5.41, 5.74) is 0.395. The molecule has 20 heavy (non-hydrogen) atoms.